The number of thioether (sulfide) groups is 1. The van der Waals surface area contributed by atoms with Gasteiger partial charge in [0.25, 0.3) is 5.24 Å². The number of aromatic nitrogens is 1. The number of carbonyl (C=O) groups excluding carboxylic acids is 2. The molecule has 1 aliphatic carbocycles. The van der Waals surface area contributed by atoms with Gasteiger partial charge in [-0.3, -0.25) is 14.5 Å². The van der Waals surface area contributed by atoms with Gasteiger partial charge in [-0.25, -0.2) is 4.98 Å². The van der Waals surface area contributed by atoms with Crippen molar-refractivity contribution in [2.75, 3.05) is 14.2 Å². The molecule has 3 unspecified atom stereocenters. The first-order valence-corrected chi connectivity index (χ1v) is 12.6. The molecule has 1 aliphatic heterocycles. The maximum Gasteiger partial charge on any atom is 0.288 e. The minimum atomic E-state index is -0.221. The van der Waals surface area contributed by atoms with Crippen molar-refractivity contribution in [1.29, 1.82) is 0 Å². The second-order valence-electron chi connectivity index (χ2n) is 8.79. The van der Waals surface area contributed by atoms with Crippen LogP contribution >= 0.6 is 11.8 Å². The highest BCUT2D eigenvalue weighted by molar-refractivity contribution is 8.15. The van der Waals surface area contributed by atoms with E-state index in [0.29, 0.717) is 18.4 Å². The fourth-order valence-electron chi connectivity index (χ4n) is 4.63. The molecule has 8 heteroatoms. The van der Waals surface area contributed by atoms with E-state index in [0.717, 1.165) is 67.7 Å². The Morgan fingerprint density at radius 1 is 1.24 bits per heavy atom. The summed E-state index contributed by atoms with van der Waals surface area (Å²) in [4.78, 5) is 29.8. The molecule has 0 bridgehead atoms. The van der Waals surface area contributed by atoms with Gasteiger partial charge >= 0.3 is 0 Å². The molecule has 0 N–H and O–H groups in total. The van der Waals surface area contributed by atoms with E-state index in [9.17, 15) is 9.59 Å². The number of ether oxygens (including phenoxy) is 2. The third kappa shape index (κ3) is 5.61. The summed E-state index contributed by atoms with van der Waals surface area (Å²) in [7, 11) is 3.21. The predicted octanol–water partition coefficient (Wildman–Crippen LogP) is 5.46. The van der Waals surface area contributed by atoms with E-state index in [-0.39, 0.29) is 22.5 Å². The van der Waals surface area contributed by atoms with Crippen molar-refractivity contribution in [3.05, 3.63) is 35.7 Å². The number of oxazole rings is 1. The van der Waals surface area contributed by atoms with Gasteiger partial charge in [-0.1, -0.05) is 37.6 Å². The molecule has 0 radical (unpaired) electrons. The third-order valence-electron chi connectivity index (χ3n) is 6.57. The quantitative estimate of drug-likeness (QED) is 0.479. The smallest absolute Gasteiger partial charge is 0.288 e. The Balaban J connectivity index is 1.32. The van der Waals surface area contributed by atoms with Crippen LogP contribution in [0.25, 0.3) is 11.5 Å². The third-order valence-corrected chi connectivity index (χ3v) is 7.76. The Labute approximate surface area is 199 Å². The van der Waals surface area contributed by atoms with Gasteiger partial charge in [-0.15, -0.1) is 0 Å². The van der Waals surface area contributed by atoms with E-state index >= 15 is 0 Å². The molecule has 1 aromatic heterocycles. The average molecular weight is 473 g/mol. The van der Waals surface area contributed by atoms with Crippen LogP contribution in [0.3, 0.4) is 0 Å². The molecule has 2 amide bonds. The van der Waals surface area contributed by atoms with Gasteiger partial charge in [-0.05, 0) is 49.8 Å². The molecule has 178 valence electrons. The molecule has 1 saturated carbocycles. The van der Waals surface area contributed by atoms with E-state index in [1.54, 1.807) is 14.2 Å². The lowest BCUT2D eigenvalue weighted by molar-refractivity contribution is -0.125. The Morgan fingerprint density at radius 2 is 2.09 bits per heavy atom. The molecule has 7 nitrogen and oxygen atoms in total. The summed E-state index contributed by atoms with van der Waals surface area (Å²) in [6.45, 7) is 2.49. The fraction of sp³-hybridized carbons (Fsp3) is 0.560. The Kier molecular flexibility index (Phi) is 7.75. The monoisotopic (exact) mass is 472 g/mol. The molecule has 1 saturated heterocycles. The highest BCUT2D eigenvalue weighted by Crippen LogP contribution is 2.35. The molecule has 2 fully saturated rings. The lowest BCUT2D eigenvalue weighted by Gasteiger charge is -2.29. The van der Waals surface area contributed by atoms with E-state index in [1.165, 1.54) is 16.7 Å². The zero-order chi connectivity index (χ0) is 23.4. The Morgan fingerprint density at radius 3 is 2.82 bits per heavy atom. The van der Waals surface area contributed by atoms with Crippen molar-refractivity contribution < 1.29 is 23.5 Å². The number of hydrogen-bond acceptors (Lipinski definition) is 7. The minimum Gasteiger partial charge on any atom is -0.497 e. The van der Waals surface area contributed by atoms with Crippen LogP contribution in [0.2, 0.25) is 0 Å². The molecule has 3 atom stereocenters. The lowest BCUT2D eigenvalue weighted by atomic mass is 9.84. The van der Waals surface area contributed by atoms with Gasteiger partial charge in [0.05, 0.1) is 25.1 Å². The van der Waals surface area contributed by atoms with Gasteiger partial charge in [0.2, 0.25) is 11.8 Å². The molecule has 1 aromatic carbocycles. The van der Waals surface area contributed by atoms with Crippen LogP contribution in [0, 0.1) is 5.92 Å². The van der Waals surface area contributed by atoms with Gasteiger partial charge < -0.3 is 13.9 Å². The highest BCUT2D eigenvalue weighted by Gasteiger charge is 2.37. The summed E-state index contributed by atoms with van der Waals surface area (Å²) < 4.78 is 17.6. The van der Waals surface area contributed by atoms with Crippen molar-refractivity contribution >= 4 is 22.9 Å². The molecule has 2 aromatic rings. The van der Waals surface area contributed by atoms with E-state index in [1.807, 2.05) is 24.3 Å². The standard InChI is InChI=1S/C25H32N2O5S/c1-4-21-20(26-23(32-21)17-8-6-9-18(14-17)30-3)15-31-19-10-5-7-16(13-19)11-12-22-24(28)27(2)25(29)33-22/h6,8-9,14,16,19,22H,4-5,7,10-13,15H2,1-3H3. The number of benzene rings is 1. The van der Waals surface area contributed by atoms with Crippen molar-refractivity contribution in [1.82, 2.24) is 9.88 Å². The molecular weight excluding hydrogens is 440 g/mol. The molecule has 4 rings (SSSR count). The molecular formula is C25H32N2O5S. The van der Waals surface area contributed by atoms with E-state index < -0.39 is 0 Å². The SMILES string of the molecule is CCc1oc(-c2cccc(OC)c2)nc1COC1CCCC(CCC2SC(=O)N(C)C2=O)C1. The first-order chi connectivity index (χ1) is 16.0. The summed E-state index contributed by atoms with van der Waals surface area (Å²) in [5.41, 5.74) is 1.74. The van der Waals surface area contributed by atoms with Crippen LogP contribution in [-0.4, -0.2) is 46.5 Å². The van der Waals surface area contributed by atoms with Gasteiger partial charge in [0, 0.05) is 19.0 Å². The summed E-state index contributed by atoms with van der Waals surface area (Å²) in [5, 5.41) is -0.358. The van der Waals surface area contributed by atoms with Crippen LogP contribution in [0.15, 0.2) is 28.7 Å². The Bertz CT molecular complexity index is 991. The van der Waals surface area contributed by atoms with Crippen LogP contribution < -0.4 is 4.74 Å². The zero-order valence-electron chi connectivity index (χ0n) is 19.5. The number of hydrogen-bond donors (Lipinski definition) is 0. The maximum atomic E-state index is 12.1. The fourth-order valence-corrected chi connectivity index (χ4v) is 5.63. The van der Waals surface area contributed by atoms with Crippen LogP contribution in [0.4, 0.5) is 4.79 Å². The summed E-state index contributed by atoms with van der Waals surface area (Å²) >= 11 is 1.17. The molecule has 2 aliphatic rings. The minimum absolute atomic E-state index is 0.0569. The van der Waals surface area contributed by atoms with Gasteiger partial charge in [0.15, 0.2) is 0 Å². The van der Waals surface area contributed by atoms with Crippen molar-refractivity contribution in [3.63, 3.8) is 0 Å². The first-order valence-electron chi connectivity index (χ1n) is 11.7. The second-order valence-corrected chi connectivity index (χ2v) is 9.94. The number of imide groups is 1. The van der Waals surface area contributed by atoms with Crippen molar-refractivity contribution in [2.24, 2.45) is 5.92 Å². The van der Waals surface area contributed by atoms with Crippen LogP contribution in [0.5, 0.6) is 5.75 Å². The normalized spacial score (nSPS) is 23.4. The number of nitrogens with zero attached hydrogens (tertiary/aromatic N) is 2. The molecule has 33 heavy (non-hydrogen) atoms. The maximum absolute atomic E-state index is 12.1. The number of methoxy groups -OCH3 is 1. The summed E-state index contributed by atoms with van der Waals surface area (Å²) in [5.74, 6) is 2.67. The number of aryl methyl sites for hydroxylation is 1. The Hall–Kier alpha value is -2.32. The summed E-state index contributed by atoms with van der Waals surface area (Å²) in [6.07, 6.45) is 6.94. The summed E-state index contributed by atoms with van der Waals surface area (Å²) in [6, 6.07) is 7.70. The van der Waals surface area contributed by atoms with Crippen LogP contribution in [0.1, 0.15) is 56.9 Å². The van der Waals surface area contributed by atoms with Crippen molar-refractivity contribution in [3.8, 4) is 17.2 Å². The number of amides is 2. The van der Waals surface area contributed by atoms with Crippen LogP contribution in [-0.2, 0) is 22.6 Å². The highest BCUT2D eigenvalue weighted by atomic mass is 32.2. The predicted molar refractivity (Wildman–Crippen MR) is 127 cm³/mol. The average Bonchev–Trinajstić information content (AvgIpc) is 3.37. The van der Waals surface area contributed by atoms with E-state index in [4.69, 9.17) is 18.9 Å². The molecule has 0 spiro atoms. The molecule has 2 heterocycles. The second kappa shape index (κ2) is 10.7. The lowest BCUT2D eigenvalue weighted by Crippen LogP contribution is -2.28. The zero-order valence-corrected chi connectivity index (χ0v) is 20.4. The van der Waals surface area contributed by atoms with Crippen molar-refractivity contribution in [2.45, 2.75) is 69.8 Å². The van der Waals surface area contributed by atoms with E-state index in [2.05, 4.69) is 6.92 Å². The number of rotatable bonds is 9. The van der Waals surface area contributed by atoms with Gasteiger partial charge in [-0.2, -0.15) is 0 Å². The number of carbonyl (C=O) groups is 2. The topological polar surface area (TPSA) is 81.9 Å². The largest absolute Gasteiger partial charge is 0.497 e. The first kappa shape index (κ1) is 23.8. The van der Waals surface area contributed by atoms with Gasteiger partial charge in [0.1, 0.15) is 17.2 Å².